The lowest BCUT2D eigenvalue weighted by Gasteiger charge is -2.22. The Bertz CT molecular complexity index is 981. The Morgan fingerprint density at radius 3 is 2.82 bits per heavy atom. The molecule has 6 nitrogen and oxygen atoms in total. The first kappa shape index (κ1) is 19.5. The fourth-order valence-electron chi connectivity index (χ4n) is 3.45. The molecule has 0 unspecified atom stereocenters. The Morgan fingerprint density at radius 2 is 2.18 bits per heavy atom. The van der Waals surface area contributed by atoms with Crippen LogP contribution >= 0.6 is 0 Å². The fourth-order valence-corrected chi connectivity index (χ4v) is 3.45. The predicted octanol–water partition coefficient (Wildman–Crippen LogP) is 2.88. The van der Waals surface area contributed by atoms with Crippen molar-refractivity contribution < 1.29 is 19.1 Å². The topological polar surface area (TPSA) is 85.9 Å². The van der Waals surface area contributed by atoms with Gasteiger partial charge in [0.05, 0.1) is 36.5 Å². The van der Waals surface area contributed by atoms with Crippen molar-refractivity contribution in [2.75, 3.05) is 20.3 Å². The molecule has 0 aliphatic carbocycles. The molecule has 7 heteroatoms. The Morgan fingerprint density at radius 1 is 1.39 bits per heavy atom. The number of likely N-dealkylation sites (tertiary alicyclic amines) is 1. The van der Waals surface area contributed by atoms with Crippen LogP contribution in [0.25, 0.3) is 11.1 Å². The molecule has 144 valence electrons. The average Bonchev–Trinajstić information content (AvgIpc) is 3.11. The molecule has 1 fully saturated rings. The molecule has 1 aliphatic rings. The summed E-state index contributed by atoms with van der Waals surface area (Å²) in [6.07, 6.45) is 0.413. The summed E-state index contributed by atoms with van der Waals surface area (Å²) >= 11 is 0. The molecule has 1 saturated heterocycles. The molecule has 1 atom stereocenters. The second-order valence-electron chi connectivity index (χ2n) is 6.60. The fraction of sp³-hybridized carbons (Fsp3) is 0.286. The van der Waals surface area contributed by atoms with Crippen molar-refractivity contribution >= 4 is 11.6 Å². The molecular formula is C21H20FN3O3. The van der Waals surface area contributed by atoms with Crippen molar-refractivity contribution in [2.45, 2.75) is 19.4 Å². The third-order valence-corrected chi connectivity index (χ3v) is 4.92. The zero-order valence-electron chi connectivity index (χ0n) is 15.6. The second kappa shape index (κ2) is 8.19. The molecule has 0 spiro atoms. The number of halogens is 1. The number of benzene rings is 2. The number of aliphatic hydroxyl groups excluding tert-OH is 1. The maximum Gasteiger partial charge on any atom is 0.254 e. The highest BCUT2D eigenvalue weighted by molar-refractivity contribution is 6.00. The molecule has 1 aliphatic heterocycles. The first-order valence-corrected chi connectivity index (χ1v) is 8.80. The highest BCUT2D eigenvalue weighted by Crippen LogP contribution is 2.29. The number of hydrogen-bond acceptors (Lipinski definition) is 5. The molecule has 28 heavy (non-hydrogen) atoms. The third-order valence-electron chi connectivity index (χ3n) is 4.92. The van der Waals surface area contributed by atoms with E-state index in [0.717, 1.165) is 0 Å². The van der Waals surface area contributed by atoms with E-state index >= 15 is 0 Å². The largest absolute Gasteiger partial charge is 0.399 e. The van der Waals surface area contributed by atoms with Gasteiger partial charge in [0.2, 0.25) is 0 Å². The van der Waals surface area contributed by atoms with Gasteiger partial charge in [0.25, 0.3) is 5.91 Å². The van der Waals surface area contributed by atoms with Gasteiger partial charge in [-0.05, 0) is 36.2 Å². The van der Waals surface area contributed by atoms with Crippen molar-refractivity contribution in [3.05, 3.63) is 58.9 Å². The minimum atomic E-state index is -0.547. The second-order valence-corrected chi connectivity index (χ2v) is 6.60. The van der Waals surface area contributed by atoms with Crippen LogP contribution in [-0.4, -0.2) is 47.9 Å². The van der Waals surface area contributed by atoms with E-state index in [4.69, 9.17) is 4.84 Å². The molecule has 0 aromatic heterocycles. The van der Waals surface area contributed by atoms with Gasteiger partial charge < -0.3 is 14.8 Å². The van der Waals surface area contributed by atoms with Crippen molar-refractivity contribution in [2.24, 2.45) is 5.16 Å². The van der Waals surface area contributed by atoms with Gasteiger partial charge in [-0.15, -0.1) is 0 Å². The van der Waals surface area contributed by atoms with Gasteiger partial charge in [-0.25, -0.2) is 4.39 Å². The summed E-state index contributed by atoms with van der Waals surface area (Å²) in [5.74, 6) is -0.928. The van der Waals surface area contributed by atoms with Crippen LogP contribution in [0.3, 0.4) is 0 Å². The zero-order valence-corrected chi connectivity index (χ0v) is 15.6. The van der Waals surface area contributed by atoms with Crippen molar-refractivity contribution in [3.8, 4) is 17.2 Å². The standard InChI is InChI=1S/C21H20FN3O3/c1-13-15(10-23)4-3-5-18(13)19-7-6-14(8-20(19)22)21(27)25-11-16(24-28-2)9-17(25)12-26/h3-8,17,26H,9,11-12H2,1-2H3/b24-16-/t17-/m0/s1. The third kappa shape index (κ3) is 3.59. The lowest BCUT2D eigenvalue weighted by atomic mass is 9.95. The summed E-state index contributed by atoms with van der Waals surface area (Å²) < 4.78 is 14.8. The van der Waals surface area contributed by atoms with Crippen LogP contribution in [0.5, 0.6) is 0 Å². The van der Waals surface area contributed by atoms with Crippen molar-refractivity contribution in [1.82, 2.24) is 4.90 Å². The highest BCUT2D eigenvalue weighted by atomic mass is 19.1. The Hall–Kier alpha value is -3.24. The van der Waals surface area contributed by atoms with E-state index in [2.05, 4.69) is 11.2 Å². The number of aliphatic hydroxyl groups is 1. The number of amides is 1. The lowest BCUT2D eigenvalue weighted by Crippen LogP contribution is -2.37. The van der Waals surface area contributed by atoms with Crippen LogP contribution in [-0.2, 0) is 4.84 Å². The van der Waals surface area contributed by atoms with E-state index in [0.29, 0.717) is 34.4 Å². The average molecular weight is 381 g/mol. The summed E-state index contributed by atoms with van der Waals surface area (Å²) in [5.41, 5.74) is 2.93. The molecule has 1 heterocycles. The maximum atomic E-state index is 14.8. The van der Waals surface area contributed by atoms with Crippen LogP contribution in [0.1, 0.15) is 27.9 Å². The van der Waals surface area contributed by atoms with Gasteiger partial charge in [0, 0.05) is 17.5 Å². The molecule has 1 N–H and O–H groups in total. The molecule has 0 radical (unpaired) electrons. The number of hydrogen-bond donors (Lipinski definition) is 1. The highest BCUT2D eigenvalue weighted by Gasteiger charge is 2.33. The number of carbonyl (C=O) groups excluding carboxylic acids is 1. The van der Waals surface area contributed by atoms with E-state index < -0.39 is 11.9 Å². The van der Waals surface area contributed by atoms with Crippen molar-refractivity contribution in [3.63, 3.8) is 0 Å². The van der Waals surface area contributed by atoms with E-state index in [9.17, 15) is 19.6 Å². The van der Waals surface area contributed by atoms with E-state index in [1.54, 1.807) is 37.3 Å². The van der Waals surface area contributed by atoms with Crippen LogP contribution in [0.4, 0.5) is 4.39 Å². The van der Waals surface area contributed by atoms with Crippen LogP contribution in [0.15, 0.2) is 41.6 Å². The predicted molar refractivity (Wildman–Crippen MR) is 102 cm³/mol. The van der Waals surface area contributed by atoms with Crippen molar-refractivity contribution in [1.29, 1.82) is 5.26 Å². The van der Waals surface area contributed by atoms with Crippen LogP contribution in [0, 0.1) is 24.1 Å². The quantitative estimate of drug-likeness (QED) is 0.825. The molecule has 0 saturated carbocycles. The molecule has 0 bridgehead atoms. The van der Waals surface area contributed by atoms with Gasteiger partial charge in [0.15, 0.2) is 0 Å². The van der Waals surface area contributed by atoms with Gasteiger partial charge in [0.1, 0.15) is 12.9 Å². The van der Waals surface area contributed by atoms with E-state index in [-0.39, 0.29) is 24.6 Å². The molecule has 2 aromatic rings. The molecular weight excluding hydrogens is 361 g/mol. The smallest absolute Gasteiger partial charge is 0.254 e. The number of nitriles is 1. The Labute approximate surface area is 162 Å². The normalized spacial score (nSPS) is 17.6. The summed E-state index contributed by atoms with van der Waals surface area (Å²) in [6.45, 7) is 1.78. The van der Waals surface area contributed by atoms with Gasteiger partial charge in [-0.1, -0.05) is 23.4 Å². The summed E-state index contributed by atoms with van der Waals surface area (Å²) in [4.78, 5) is 19.1. The summed E-state index contributed by atoms with van der Waals surface area (Å²) in [7, 11) is 1.42. The van der Waals surface area contributed by atoms with Gasteiger partial charge in [-0.3, -0.25) is 4.79 Å². The first-order valence-electron chi connectivity index (χ1n) is 8.80. The first-order chi connectivity index (χ1) is 13.5. The van der Waals surface area contributed by atoms with Gasteiger partial charge >= 0.3 is 0 Å². The molecule has 2 aromatic carbocycles. The number of nitrogens with zero attached hydrogens (tertiary/aromatic N) is 3. The maximum absolute atomic E-state index is 14.8. The molecule has 1 amide bonds. The zero-order chi connectivity index (χ0) is 20.3. The minimum absolute atomic E-state index is 0.187. The van der Waals surface area contributed by atoms with E-state index in [1.165, 1.54) is 18.1 Å². The Balaban J connectivity index is 1.92. The summed E-state index contributed by atoms with van der Waals surface area (Å²) in [6, 6.07) is 11.1. The number of carbonyl (C=O) groups is 1. The number of rotatable bonds is 4. The SMILES string of the molecule is CO/N=C1/C[C@@H](CO)N(C(=O)c2ccc(-c3cccc(C#N)c3C)c(F)c2)C1. The van der Waals surface area contributed by atoms with Crippen LogP contribution in [0.2, 0.25) is 0 Å². The summed E-state index contributed by atoms with van der Waals surface area (Å²) in [5, 5.41) is 22.6. The van der Waals surface area contributed by atoms with E-state index in [1.807, 2.05) is 0 Å². The molecule has 3 rings (SSSR count). The number of oxime groups is 1. The minimum Gasteiger partial charge on any atom is -0.399 e. The van der Waals surface area contributed by atoms with Crippen LogP contribution < -0.4 is 0 Å². The van der Waals surface area contributed by atoms with Gasteiger partial charge in [-0.2, -0.15) is 5.26 Å². The Kier molecular flexibility index (Phi) is 5.71. The lowest BCUT2D eigenvalue weighted by molar-refractivity contribution is 0.0679. The monoisotopic (exact) mass is 381 g/mol.